The molecular formula is C12H16N6O2. The van der Waals surface area contributed by atoms with Gasteiger partial charge >= 0.3 is 0 Å². The first-order valence-corrected chi connectivity index (χ1v) is 6.58. The number of amides is 1. The van der Waals surface area contributed by atoms with Gasteiger partial charge in [-0.05, 0) is 13.3 Å². The number of H-pyrrole nitrogens is 1. The van der Waals surface area contributed by atoms with Crippen LogP contribution in [-0.2, 0) is 11.3 Å². The summed E-state index contributed by atoms with van der Waals surface area (Å²) < 4.78 is 7.74. The van der Waals surface area contributed by atoms with E-state index in [-0.39, 0.29) is 23.9 Å². The van der Waals surface area contributed by atoms with Crippen LogP contribution < -0.4 is 5.32 Å². The SMILES string of the molecule is CCn1ccnc1[C@H]1OCC[C@@H]1NC(=O)c1ncn[nH]1. The second-order valence-corrected chi connectivity index (χ2v) is 4.57. The molecule has 8 heteroatoms. The smallest absolute Gasteiger partial charge is 0.288 e. The van der Waals surface area contributed by atoms with E-state index in [0.29, 0.717) is 6.61 Å². The van der Waals surface area contributed by atoms with Gasteiger partial charge in [0.2, 0.25) is 5.82 Å². The minimum Gasteiger partial charge on any atom is -0.368 e. The number of nitrogens with zero attached hydrogens (tertiary/aromatic N) is 4. The van der Waals surface area contributed by atoms with Crippen molar-refractivity contribution in [3.63, 3.8) is 0 Å². The number of ether oxygens (including phenoxy) is 1. The Bertz CT molecular complexity index is 579. The van der Waals surface area contributed by atoms with E-state index < -0.39 is 0 Å². The molecule has 1 amide bonds. The summed E-state index contributed by atoms with van der Waals surface area (Å²) in [5.41, 5.74) is 0. The minimum absolute atomic E-state index is 0.111. The molecule has 1 fully saturated rings. The molecule has 20 heavy (non-hydrogen) atoms. The summed E-state index contributed by atoms with van der Waals surface area (Å²) in [5, 5.41) is 9.14. The maximum absolute atomic E-state index is 12.0. The Morgan fingerprint density at radius 1 is 1.60 bits per heavy atom. The summed E-state index contributed by atoms with van der Waals surface area (Å²) in [6.45, 7) is 3.46. The van der Waals surface area contributed by atoms with E-state index in [1.807, 2.05) is 17.7 Å². The standard InChI is InChI=1S/C12H16N6O2/c1-2-18-5-4-13-11(18)9-8(3-6-20-9)16-12(19)10-14-7-15-17-10/h4-5,7-9H,2-3,6H2,1H3,(H,16,19)(H,14,15,17)/t8-,9-/m0/s1. The Kier molecular flexibility index (Phi) is 3.46. The number of carbonyl (C=O) groups excluding carboxylic acids is 1. The van der Waals surface area contributed by atoms with Gasteiger partial charge < -0.3 is 14.6 Å². The van der Waals surface area contributed by atoms with E-state index in [9.17, 15) is 4.79 Å². The van der Waals surface area contributed by atoms with E-state index in [0.717, 1.165) is 18.8 Å². The topological polar surface area (TPSA) is 97.7 Å². The van der Waals surface area contributed by atoms with Gasteiger partial charge in [0.15, 0.2) is 0 Å². The van der Waals surface area contributed by atoms with Gasteiger partial charge in [0.25, 0.3) is 5.91 Å². The third-order valence-electron chi connectivity index (χ3n) is 3.38. The van der Waals surface area contributed by atoms with E-state index in [2.05, 4.69) is 25.5 Å². The molecule has 2 aromatic heterocycles. The molecule has 3 heterocycles. The highest BCUT2D eigenvalue weighted by molar-refractivity contribution is 5.90. The molecule has 8 nitrogen and oxygen atoms in total. The zero-order valence-corrected chi connectivity index (χ0v) is 11.1. The largest absolute Gasteiger partial charge is 0.368 e. The number of rotatable bonds is 4. The van der Waals surface area contributed by atoms with Gasteiger partial charge in [-0.15, -0.1) is 0 Å². The van der Waals surface area contributed by atoms with E-state index in [1.165, 1.54) is 6.33 Å². The van der Waals surface area contributed by atoms with Crippen LogP contribution in [-0.4, -0.2) is 43.3 Å². The summed E-state index contributed by atoms with van der Waals surface area (Å²) in [5.74, 6) is 0.764. The number of nitrogens with one attached hydrogen (secondary N) is 2. The van der Waals surface area contributed by atoms with Crippen molar-refractivity contribution in [2.45, 2.75) is 32.0 Å². The number of hydrogen-bond acceptors (Lipinski definition) is 5. The molecule has 0 aromatic carbocycles. The molecule has 2 aromatic rings. The second kappa shape index (κ2) is 5.41. The lowest BCUT2D eigenvalue weighted by atomic mass is 10.1. The van der Waals surface area contributed by atoms with Crippen LogP contribution in [0.1, 0.15) is 35.9 Å². The van der Waals surface area contributed by atoms with E-state index in [4.69, 9.17) is 4.74 Å². The number of carbonyl (C=O) groups is 1. The summed E-state index contributed by atoms with van der Waals surface area (Å²) in [7, 11) is 0. The van der Waals surface area contributed by atoms with Gasteiger partial charge in [-0.3, -0.25) is 9.89 Å². The Hall–Kier alpha value is -2.22. The summed E-state index contributed by atoms with van der Waals surface area (Å²) in [4.78, 5) is 20.2. The average molecular weight is 276 g/mol. The van der Waals surface area contributed by atoms with Crippen molar-refractivity contribution in [2.75, 3.05) is 6.61 Å². The van der Waals surface area contributed by atoms with Gasteiger partial charge in [0.1, 0.15) is 18.3 Å². The highest BCUT2D eigenvalue weighted by atomic mass is 16.5. The molecule has 1 aliphatic heterocycles. The van der Waals surface area contributed by atoms with Crippen molar-refractivity contribution >= 4 is 5.91 Å². The zero-order valence-electron chi connectivity index (χ0n) is 11.1. The van der Waals surface area contributed by atoms with Gasteiger partial charge in [-0.2, -0.15) is 5.10 Å². The first-order chi connectivity index (χ1) is 9.79. The molecule has 0 spiro atoms. The number of aromatic amines is 1. The van der Waals surface area contributed by atoms with Crippen LogP contribution >= 0.6 is 0 Å². The highest BCUT2D eigenvalue weighted by Gasteiger charge is 2.34. The molecule has 2 N–H and O–H groups in total. The fourth-order valence-electron chi connectivity index (χ4n) is 2.39. The minimum atomic E-state index is -0.280. The Morgan fingerprint density at radius 3 is 3.25 bits per heavy atom. The van der Waals surface area contributed by atoms with Crippen LogP contribution in [0, 0.1) is 0 Å². The maximum Gasteiger partial charge on any atom is 0.288 e. The molecule has 2 atom stereocenters. The Balaban J connectivity index is 1.74. The molecule has 3 rings (SSSR count). The number of imidazole rings is 1. The quantitative estimate of drug-likeness (QED) is 0.836. The molecule has 0 unspecified atom stereocenters. The molecule has 0 bridgehead atoms. The third-order valence-corrected chi connectivity index (χ3v) is 3.38. The molecule has 1 saturated heterocycles. The molecule has 106 valence electrons. The number of hydrogen-bond donors (Lipinski definition) is 2. The van der Waals surface area contributed by atoms with Crippen molar-refractivity contribution in [1.29, 1.82) is 0 Å². The summed E-state index contributed by atoms with van der Waals surface area (Å²) >= 11 is 0. The third kappa shape index (κ3) is 2.29. The van der Waals surface area contributed by atoms with Crippen molar-refractivity contribution in [3.8, 4) is 0 Å². The van der Waals surface area contributed by atoms with Crippen LogP contribution in [0.25, 0.3) is 0 Å². The molecule has 0 radical (unpaired) electrons. The average Bonchev–Trinajstić information content (AvgIpc) is 3.19. The van der Waals surface area contributed by atoms with Crippen molar-refractivity contribution in [1.82, 2.24) is 30.0 Å². The normalized spacial score (nSPS) is 22.1. The molecule has 0 aliphatic carbocycles. The predicted molar refractivity (Wildman–Crippen MR) is 68.8 cm³/mol. The lowest BCUT2D eigenvalue weighted by Crippen LogP contribution is -2.38. The van der Waals surface area contributed by atoms with Gasteiger partial charge in [0, 0.05) is 25.5 Å². The number of aromatic nitrogens is 5. The zero-order chi connectivity index (χ0) is 13.9. The first-order valence-electron chi connectivity index (χ1n) is 6.58. The first kappa shape index (κ1) is 12.8. The van der Waals surface area contributed by atoms with Crippen LogP contribution in [0.5, 0.6) is 0 Å². The lowest BCUT2D eigenvalue weighted by Gasteiger charge is -2.19. The van der Waals surface area contributed by atoms with Crippen LogP contribution in [0.15, 0.2) is 18.7 Å². The summed E-state index contributed by atoms with van der Waals surface area (Å²) in [6.07, 6.45) is 5.49. The molecule has 0 saturated carbocycles. The fraction of sp³-hybridized carbons (Fsp3) is 0.500. The van der Waals surface area contributed by atoms with Crippen molar-refractivity contribution < 1.29 is 9.53 Å². The van der Waals surface area contributed by atoms with Gasteiger partial charge in [0.05, 0.1) is 6.04 Å². The van der Waals surface area contributed by atoms with Gasteiger partial charge in [-0.1, -0.05) is 0 Å². The van der Waals surface area contributed by atoms with Crippen molar-refractivity contribution in [2.24, 2.45) is 0 Å². The molecule has 1 aliphatic rings. The second-order valence-electron chi connectivity index (χ2n) is 4.57. The predicted octanol–water partition coefficient (Wildman–Crippen LogP) is 0.281. The Labute approximate surface area is 115 Å². The van der Waals surface area contributed by atoms with E-state index >= 15 is 0 Å². The summed E-state index contributed by atoms with van der Waals surface area (Å²) in [6, 6.07) is -0.111. The van der Waals surface area contributed by atoms with Crippen molar-refractivity contribution in [3.05, 3.63) is 30.4 Å². The van der Waals surface area contributed by atoms with E-state index in [1.54, 1.807) is 6.20 Å². The maximum atomic E-state index is 12.0. The van der Waals surface area contributed by atoms with Gasteiger partial charge in [-0.25, -0.2) is 9.97 Å². The van der Waals surface area contributed by atoms with Crippen LogP contribution in [0.2, 0.25) is 0 Å². The highest BCUT2D eigenvalue weighted by Crippen LogP contribution is 2.28. The molecular weight excluding hydrogens is 260 g/mol. The Morgan fingerprint density at radius 2 is 2.50 bits per heavy atom. The lowest BCUT2D eigenvalue weighted by molar-refractivity contribution is 0.0770. The number of aryl methyl sites for hydroxylation is 1. The van der Waals surface area contributed by atoms with Crippen LogP contribution in [0.4, 0.5) is 0 Å². The van der Waals surface area contributed by atoms with Crippen LogP contribution in [0.3, 0.4) is 0 Å². The monoisotopic (exact) mass is 276 g/mol. The fourth-order valence-corrected chi connectivity index (χ4v) is 2.39.